The molecular weight excluding hydrogens is 298 g/mol. The molecule has 5 heteroatoms. The SMILES string of the molecule is CCN(CC)C1CS(=O)(=O)OC2=C1Cc1ccccc1CC2. The monoisotopic (exact) mass is 321 g/mol. The lowest BCUT2D eigenvalue weighted by atomic mass is 9.96. The molecule has 4 nitrogen and oxygen atoms in total. The smallest absolute Gasteiger partial charge is 0.310 e. The van der Waals surface area contributed by atoms with Gasteiger partial charge in [-0.15, -0.1) is 0 Å². The van der Waals surface area contributed by atoms with Crippen molar-refractivity contribution in [2.24, 2.45) is 0 Å². The Morgan fingerprint density at radius 3 is 2.50 bits per heavy atom. The molecule has 22 heavy (non-hydrogen) atoms. The van der Waals surface area contributed by atoms with Crippen LogP contribution in [0, 0.1) is 0 Å². The van der Waals surface area contributed by atoms with Crippen molar-refractivity contribution >= 4 is 10.1 Å². The molecule has 0 N–H and O–H groups in total. The predicted molar refractivity (Wildman–Crippen MR) is 87.1 cm³/mol. The van der Waals surface area contributed by atoms with E-state index in [0.717, 1.165) is 31.5 Å². The van der Waals surface area contributed by atoms with Crippen molar-refractivity contribution in [2.75, 3.05) is 18.8 Å². The van der Waals surface area contributed by atoms with Gasteiger partial charge in [0.1, 0.15) is 11.5 Å². The third kappa shape index (κ3) is 2.92. The summed E-state index contributed by atoms with van der Waals surface area (Å²) in [4.78, 5) is 2.23. The van der Waals surface area contributed by atoms with Crippen LogP contribution in [-0.4, -0.2) is 38.2 Å². The minimum Gasteiger partial charge on any atom is -0.387 e. The lowest BCUT2D eigenvalue weighted by molar-refractivity contribution is 0.234. The molecule has 1 aromatic rings. The Hall–Kier alpha value is -1.33. The molecule has 0 aromatic heterocycles. The van der Waals surface area contributed by atoms with Crippen LogP contribution in [0.3, 0.4) is 0 Å². The van der Waals surface area contributed by atoms with Crippen LogP contribution in [0.2, 0.25) is 0 Å². The van der Waals surface area contributed by atoms with Gasteiger partial charge in [-0.25, -0.2) is 0 Å². The number of likely N-dealkylation sites (N-methyl/N-ethyl adjacent to an activating group) is 1. The van der Waals surface area contributed by atoms with Crippen LogP contribution in [0.15, 0.2) is 35.6 Å². The number of fused-ring (bicyclic) bond motifs is 1. The topological polar surface area (TPSA) is 46.6 Å². The van der Waals surface area contributed by atoms with Crippen LogP contribution < -0.4 is 0 Å². The standard InChI is InChI=1S/C17H23NO3S/c1-3-18(4-2)16-12-22(19,20)21-17-10-9-13-7-5-6-8-14(13)11-15(16)17/h5-8,16H,3-4,9-12H2,1-2H3. The lowest BCUT2D eigenvalue weighted by Gasteiger charge is -2.35. The van der Waals surface area contributed by atoms with E-state index in [1.165, 1.54) is 11.1 Å². The lowest BCUT2D eigenvalue weighted by Crippen LogP contribution is -2.45. The van der Waals surface area contributed by atoms with Gasteiger partial charge in [-0.1, -0.05) is 38.1 Å². The number of aryl methyl sites for hydroxylation is 1. The Morgan fingerprint density at radius 1 is 1.14 bits per heavy atom. The van der Waals surface area contributed by atoms with Gasteiger partial charge in [0, 0.05) is 6.42 Å². The van der Waals surface area contributed by atoms with Crippen molar-refractivity contribution < 1.29 is 12.6 Å². The zero-order chi connectivity index (χ0) is 15.7. The Bertz CT molecular complexity index is 690. The molecule has 1 unspecified atom stereocenters. The van der Waals surface area contributed by atoms with Crippen LogP contribution >= 0.6 is 0 Å². The van der Waals surface area contributed by atoms with E-state index in [4.69, 9.17) is 4.18 Å². The Labute approximate surface area is 132 Å². The maximum absolute atomic E-state index is 12.2. The van der Waals surface area contributed by atoms with Gasteiger partial charge >= 0.3 is 10.1 Å². The highest BCUT2D eigenvalue weighted by Gasteiger charge is 2.37. The molecule has 2 aliphatic rings. The first kappa shape index (κ1) is 15.6. The second kappa shape index (κ2) is 6.05. The Morgan fingerprint density at radius 2 is 1.82 bits per heavy atom. The van der Waals surface area contributed by atoms with Gasteiger partial charge in [0.2, 0.25) is 0 Å². The maximum atomic E-state index is 12.2. The zero-order valence-corrected chi connectivity index (χ0v) is 14.0. The first-order chi connectivity index (χ1) is 10.5. The average molecular weight is 321 g/mol. The van der Waals surface area contributed by atoms with Gasteiger partial charge in [-0.3, -0.25) is 4.90 Å². The first-order valence-electron chi connectivity index (χ1n) is 7.99. The van der Waals surface area contributed by atoms with Crippen LogP contribution in [0.4, 0.5) is 0 Å². The highest BCUT2D eigenvalue weighted by Crippen LogP contribution is 2.34. The van der Waals surface area contributed by atoms with Crippen molar-refractivity contribution in [1.82, 2.24) is 4.90 Å². The normalized spacial score (nSPS) is 23.5. The van der Waals surface area contributed by atoms with Gasteiger partial charge in [-0.05, 0) is 42.6 Å². The van der Waals surface area contributed by atoms with E-state index < -0.39 is 10.1 Å². The second-order valence-electron chi connectivity index (χ2n) is 5.94. The highest BCUT2D eigenvalue weighted by molar-refractivity contribution is 7.86. The number of hydrogen-bond donors (Lipinski definition) is 0. The number of rotatable bonds is 3. The van der Waals surface area contributed by atoms with E-state index in [0.29, 0.717) is 12.2 Å². The van der Waals surface area contributed by atoms with Crippen LogP contribution in [0.1, 0.15) is 31.4 Å². The predicted octanol–water partition coefficient (Wildman–Crippen LogP) is 2.50. The third-order valence-electron chi connectivity index (χ3n) is 4.72. The molecule has 3 rings (SSSR count). The summed E-state index contributed by atoms with van der Waals surface area (Å²) in [6, 6.07) is 8.32. The summed E-state index contributed by atoms with van der Waals surface area (Å²) < 4.78 is 29.7. The molecule has 0 saturated heterocycles. The van der Waals surface area contributed by atoms with Crippen LogP contribution in [0.25, 0.3) is 0 Å². The minimum absolute atomic E-state index is 0.0603. The molecule has 120 valence electrons. The second-order valence-corrected chi connectivity index (χ2v) is 7.55. The van der Waals surface area contributed by atoms with E-state index in [2.05, 4.69) is 36.9 Å². The summed E-state index contributed by atoms with van der Waals surface area (Å²) in [5.74, 6) is 0.745. The summed E-state index contributed by atoms with van der Waals surface area (Å²) in [5.41, 5.74) is 3.76. The molecule has 0 spiro atoms. The molecule has 1 aliphatic heterocycles. The molecule has 0 saturated carbocycles. The fourth-order valence-electron chi connectivity index (χ4n) is 3.56. The van der Waals surface area contributed by atoms with E-state index in [1.807, 2.05) is 6.07 Å². The number of benzene rings is 1. The molecule has 0 amide bonds. The Kier molecular flexibility index (Phi) is 4.28. The van der Waals surface area contributed by atoms with E-state index >= 15 is 0 Å². The summed E-state index contributed by atoms with van der Waals surface area (Å²) in [6.07, 6.45) is 2.31. The molecule has 0 radical (unpaired) electrons. The fourth-order valence-corrected chi connectivity index (χ4v) is 4.92. The number of nitrogens with zero attached hydrogens (tertiary/aromatic N) is 1. The van der Waals surface area contributed by atoms with Crippen LogP contribution in [-0.2, 0) is 27.1 Å². The van der Waals surface area contributed by atoms with E-state index in [1.54, 1.807) is 0 Å². The van der Waals surface area contributed by atoms with Crippen molar-refractivity contribution in [3.63, 3.8) is 0 Å². The molecule has 0 bridgehead atoms. The van der Waals surface area contributed by atoms with Crippen LogP contribution in [0.5, 0.6) is 0 Å². The minimum atomic E-state index is -3.47. The molecule has 1 heterocycles. The van der Waals surface area contributed by atoms with Gasteiger partial charge in [0.25, 0.3) is 0 Å². The highest BCUT2D eigenvalue weighted by atomic mass is 32.2. The molecule has 1 aromatic carbocycles. The van der Waals surface area contributed by atoms with E-state index in [9.17, 15) is 8.42 Å². The molecule has 0 fully saturated rings. The summed E-state index contributed by atoms with van der Waals surface area (Å²) in [5, 5.41) is 0. The summed E-state index contributed by atoms with van der Waals surface area (Å²) in [6.45, 7) is 5.84. The Balaban J connectivity index is 2.04. The fraction of sp³-hybridized carbons (Fsp3) is 0.529. The zero-order valence-electron chi connectivity index (χ0n) is 13.2. The molecule has 1 aliphatic carbocycles. The van der Waals surface area contributed by atoms with E-state index in [-0.39, 0.29) is 11.8 Å². The van der Waals surface area contributed by atoms with Gasteiger partial charge in [0.05, 0.1) is 6.04 Å². The van der Waals surface area contributed by atoms with Crippen molar-refractivity contribution in [3.05, 3.63) is 46.7 Å². The molecule has 1 atom stereocenters. The molecular formula is C17H23NO3S. The van der Waals surface area contributed by atoms with Gasteiger partial charge in [0.15, 0.2) is 0 Å². The number of hydrogen-bond acceptors (Lipinski definition) is 4. The largest absolute Gasteiger partial charge is 0.387 e. The maximum Gasteiger partial charge on any atom is 0.310 e. The van der Waals surface area contributed by atoms with Crippen molar-refractivity contribution in [1.29, 1.82) is 0 Å². The van der Waals surface area contributed by atoms with Gasteiger partial charge in [-0.2, -0.15) is 8.42 Å². The summed E-state index contributed by atoms with van der Waals surface area (Å²) in [7, 11) is -3.47. The van der Waals surface area contributed by atoms with Crippen molar-refractivity contribution in [2.45, 2.75) is 39.2 Å². The number of allylic oxidation sites excluding steroid dienone is 1. The quantitative estimate of drug-likeness (QED) is 0.803. The third-order valence-corrected chi connectivity index (χ3v) is 5.90. The summed E-state index contributed by atoms with van der Waals surface area (Å²) >= 11 is 0. The van der Waals surface area contributed by atoms with Gasteiger partial charge < -0.3 is 4.18 Å². The average Bonchev–Trinajstić information content (AvgIpc) is 2.67. The first-order valence-corrected chi connectivity index (χ1v) is 9.56. The van der Waals surface area contributed by atoms with Crippen molar-refractivity contribution in [3.8, 4) is 0 Å².